The van der Waals surface area contributed by atoms with E-state index in [2.05, 4.69) is 39.3 Å². The summed E-state index contributed by atoms with van der Waals surface area (Å²) >= 11 is 12.5. The van der Waals surface area contributed by atoms with Crippen molar-refractivity contribution in [3.63, 3.8) is 0 Å². The predicted molar refractivity (Wildman–Crippen MR) is 139 cm³/mol. The van der Waals surface area contributed by atoms with Crippen LogP contribution in [0.25, 0.3) is 0 Å². The Kier molecular flexibility index (Phi) is 9.33. The zero-order valence-electron chi connectivity index (χ0n) is 19.4. The molecule has 0 spiro atoms. The summed E-state index contributed by atoms with van der Waals surface area (Å²) in [6, 6.07) is 13.4. The van der Waals surface area contributed by atoms with Crippen molar-refractivity contribution in [1.82, 2.24) is 14.9 Å². The Bertz CT molecular complexity index is 1070. The van der Waals surface area contributed by atoms with Gasteiger partial charge in [-0.25, -0.2) is 19.7 Å². The molecule has 0 saturated carbocycles. The van der Waals surface area contributed by atoms with E-state index >= 15 is 0 Å². The highest BCUT2D eigenvalue weighted by Gasteiger charge is 2.22. The molecule has 3 aromatic rings. The van der Waals surface area contributed by atoms with E-state index in [-0.39, 0.29) is 0 Å². The first kappa shape index (κ1) is 25.6. The smallest absolute Gasteiger partial charge is 0.332 e. The fourth-order valence-corrected chi connectivity index (χ4v) is 3.76. The molecule has 0 aliphatic heterocycles. The van der Waals surface area contributed by atoms with Crippen molar-refractivity contribution in [2.24, 2.45) is 0 Å². The molecule has 0 aliphatic rings. The van der Waals surface area contributed by atoms with Crippen molar-refractivity contribution in [3.05, 3.63) is 64.9 Å². The minimum absolute atomic E-state index is 0.320. The van der Waals surface area contributed by atoms with Gasteiger partial charge in [-0.05, 0) is 49.5 Å². The van der Waals surface area contributed by atoms with Crippen LogP contribution in [0.15, 0.2) is 54.9 Å². The van der Waals surface area contributed by atoms with Gasteiger partial charge >= 0.3 is 6.03 Å². The van der Waals surface area contributed by atoms with Gasteiger partial charge in [-0.1, -0.05) is 43.1 Å². The lowest BCUT2D eigenvalue weighted by atomic mass is 10.2. The van der Waals surface area contributed by atoms with E-state index in [1.54, 1.807) is 43.4 Å². The third-order valence-corrected chi connectivity index (χ3v) is 5.83. The molecular formula is C24H28Cl2N6O2. The number of ether oxygens (including phenoxy) is 1. The van der Waals surface area contributed by atoms with Crippen molar-refractivity contribution in [1.29, 1.82) is 0 Å². The second-order valence-corrected chi connectivity index (χ2v) is 8.06. The van der Waals surface area contributed by atoms with E-state index in [4.69, 9.17) is 27.9 Å². The molecule has 8 nitrogen and oxygen atoms in total. The van der Waals surface area contributed by atoms with Gasteiger partial charge in [0.05, 0.1) is 21.4 Å². The third kappa shape index (κ3) is 6.50. The number of urea groups is 1. The molecule has 3 rings (SSSR count). The monoisotopic (exact) mass is 502 g/mol. The Balaban J connectivity index is 1.86. The number of aromatic nitrogens is 2. The minimum atomic E-state index is -0.481. The molecule has 0 aliphatic carbocycles. The third-order valence-electron chi connectivity index (χ3n) is 5.20. The molecular weight excluding hydrogens is 475 g/mol. The molecule has 0 fully saturated rings. The maximum Gasteiger partial charge on any atom is 0.332 e. The topological polar surface area (TPSA) is 82.6 Å². The van der Waals surface area contributed by atoms with Crippen LogP contribution in [-0.4, -0.2) is 54.2 Å². The zero-order valence-corrected chi connectivity index (χ0v) is 20.9. The van der Waals surface area contributed by atoms with E-state index < -0.39 is 6.03 Å². The number of benzene rings is 2. The van der Waals surface area contributed by atoms with Gasteiger partial charge in [0.2, 0.25) is 0 Å². The molecule has 0 bridgehead atoms. The summed E-state index contributed by atoms with van der Waals surface area (Å²) in [5.41, 5.74) is 0.901. The fourth-order valence-electron chi connectivity index (χ4n) is 3.26. The van der Waals surface area contributed by atoms with Crippen molar-refractivity contribution in [2.45, 2.75) is 13.8 Å². The molecule has 0 saturated heterocycles. The molecule has 2 aromatic carbocycles. The molecule has 34 heavy (non-hydrogen) atoms. The van der Waals surface area contributed by atoms with Gasteiger partial charge in [0.25, 0.3) is 0 Å². The molecule has 0 radical (unpaired) electrons. The summed E-state index contributed by atoms with van der Waals surface area (Å²) in [4.78, 5) is 25.5. The number of amides is 2. The number of nitrogens with zero attached hydrogens (tertiary/aromatic N) is 4. The molecule has 1 heterocycles. The number of likely N-dealkylation sites (N-methyl/N-ethyl adjacent to an activating group) is 1. The number of anilines is 4. The quantitative estimate of drug-likeness (QED) is 0.358. The van der Waals surface area contributed by atoms with Crippen LogP contribution >= 0.6 is 23.2 Å². The van der Waals surface area contributed by atoms with Gasteiger partial charge in [0.15, 0.2) is 0 Å². The summed E-state index contributed by atoms with van der Waals surface area (Å²) in [6.07, 6.45) is 1.38. The highest BCUT2D eigenvalue weighted by atomic mass is 35.5. The van der Waals surface area contributed by atoms with Crippen molar-refractivity contribution in [3.8, 4) is 5.75 Å². The summed E-state index contributed by atoms with van der Waals surface area (Å²) in [6.45, 7) is 7.63. The summed E-state index contributed by atoms with van der Waals surface area (Å²) in [7, 11) is 1.74. The van der Waals surface area contributed by atoms with Gasteiger partial charge in [-0.2, -0.15) is 0 Å². The molecule has 10 heteroatoms. The van der Waals surface area contributed by atoms with E-state index in [1.165, 1.54) is 11.2 Å². The largest absolute Gasteiger partial charge is 0.492 e. The first-order valence-corrected chi connectivity index (χ1v) is 11.7. The first-order chi connectivity index (χ1) is 16.5. The standard InChI is InChI=1S/C24H28Cl2N6O2/c1-4-31(5-2)13-14-34-18-11-9-17(10-12-18)32(22-15-21(27-3)28-16-29-22)24(33)30-23-19(25)7-6-8-20(23)26/h6-12,15-16H,4-5,13-14H2,1-3H3,(H,30,33)(H,27,28,29). The average Bonchev–Trinajstić information content (AvgIpc) is 2.85. The number of carbonyl (C=O) groups excluding carboxylic acids is 1. The summed E-state index contributed by atoms with van der Waals surface area (Å²) in [5.74, 6) is 1.65. The Morgan fingerprint density at radius 2 is 1.71 bits per heavy atom. The van der Waals surface area contributed by atoms with Crippen LogP contribution in [0.3, 0.4) is 0 Å². The van der Waals surface area contributed by atoms with Crippen LogP contribution in [0.5, 0.6) is 5.75 Å². The van der Waals surface area contributed by atoms with Gasteiger partial charge in [0.1, 0.15) is 30.3 Å². The normalized spacial score (nSPS) is 10.8. The fraction of sp³-hybridized carbons (Fsp3) is 0.292. The maximum absolute atomic E-state index is 13.4. The summed E-state index contributed by atoms with van der Waals surface area (Å²) in [5, 5.41) is 6.41. The zero-order chi connectivity index (χ0) is 24.5. The predicted octanol–water partition coefficient (Wildman–Crippen LogP) is 5.92. The lowest BCUT2D eigenvalue weighted by Crippen LogP contribution is -2.31. The number of halogens is 2. The Morgan fingerprint density at radius 3 is 2.32 bits per heavy atom. The molecule has 0 atom stereocenters. The van der Waals surface area contributed by atoms with Crippen molar-refractivity contribution in [2.75, 3.05) is 48.8 Å². The van der Waals surface area contributed by atoms with E-state index in [0.717, 1.165) is 19.6 Å². The number of hydrogen-bond donors (Lipinski definition) is 2. The van der Waals surface area contributed by atoms with Crippen LogP contribution in [-0.2, 0) is 0 Å². The second kappa shape index (κ2) is 12.4. The van der Waals surface area contributed by atoms with Gasteiger partial charge < -0.3 is 20.3 Å². The van der Waals surface area contributed by atoms with Gasteiger partial charge in [-0.15, -0.1) is 0 Å². The Hall–Kier alpha value is -3.07. The van der Waals surface area contributed by atoms with E-state index in [1.807, 2.05) is 12.1 Å². The van der Waals surface area contributed by atoms with Crippen molar-refractivity contribution < 1.29 is 9.53 Å². The second-order valence-electron chi connectivity index (χ2n) is 7.24. The van der Waals surface area contributed by atoms with Gasteiger partial charge in [-0.3, -0.25) is 0 Å². The average molecular weight is 503 g/mol. The lowest BCUT2D eigenvalue weighted by Gasteiger charge is -2.23. The van der Waals surface area contributed by atoms with Crippen LogP contribution in [0, 0.1) is 0 Å². The summed E-state index contributed by atoms with van der Waals surface area (Å²) < 4.78 is 5.87. The number of rotatable bonds is 10. The van der Waals surface area contributed by atoms with Crippen LogP contribution in [0.4, 0.5) is 27.8 Å². The molecule has 1 aromatic heterocycles. The molecule has 0 unspecified atom stereocenters. The van der Waals surface area contributed by atoms with E-state index in [0.29, 0.717) is 45.4 Å². The highest BCUT2D eigenvalue weighted by Crippen LogP contribution is 2.32. The van der Waals surface area contributed by atoms with Crippen LogP contribution in [0.2, 0.25) is 10.0 Å². The maximum atomic E-state index is 13.4. The minimum Gasteiger partial charge on any atom is -0.492 e. The van der Waals surface area contributed by atoms with Crippen LogP contribution in [0.1, 0.15) is 13.8 Å². The van der Waals surface area contributed by atoms with E-state index in [9.17, 15) is 4.79 Å². The van der Waals surface area contributed by atoms with Crippen molar-refractivity contribution >= 4 is 52.2 Å². The molecule has 180 valence electrons. The SMILES string of the molecule is CCN(CC)CCOc1ccc(N(C(=O)Nc2c(Cl)cccc2Cl)c2cc(NC)ncn2)cc1. The highest BCUT2D eigenvalue weighted by molar-refractivity contribution is 6.40. The Morgan fingerprint density at radius 1 is 1.03 bits per heavy atom. The van der Waals surface area contributed by atoms with Gasteiger partial charge in [0, 0.05) is 19.7 Å². The molecule has 2 N–H and O–H groups in total. The number of para-hydroxylation sites is 1. The van der Waals surface area contributed by atoms with Crippen LogP contribution < -0.4 is 20.3 Å². The number of carbonyl (C=O) groups is 1. The lowest BCUT2D eigenvalue weighted by molar-refractivity contribution is 0.223. The Labute approximate surface area is 209 Å². The number of nitrogens with one attached hydrogen (secondary N) is 2. The molecule has 2 amide bonds. The first-order valence-electron chi connectivity index (χ1n) is 11.0. The number of hydrogen-bond acceptors (Lipinski definition) is 6.